The first-order valence-corrected chi connectivity index (χ1v) is 11.2. The van der Waals surface area contributed by atoms with Crippen molar-refractivity contribution in [1.29, 1.82) is 0 Å². The summed E-state index contributed by atoms with van der Waals surface area (Å²) in [6.07, 6.45) is 6.31. The molecule has 0 saturated carbocycles. The zero-order valence-corrected chi connectivity index (χ0v) is 18.9. The van der Waals surface area contributed by atoms with Crippen molar-refractivity contribution >= 4 is 40.1 Å². The summed E-state index contributed by atoms with van der Waals surface area (Å²) in [5.41, 5.74) is 2.90. The summed E-state index contributed by atoms with van der Waals surface area (Å²) < 4.78 is 1.89. The third-order valence-corrected chi connectivity index (χ3v) is 6.09. The summed E-state index contributed by atoms with van der Waals surface area (Å²) in [5.74, 6) is 0.471. The van der Waals surface area contributed by atoms with Crippen LogP contribution in [0.4, 0.5) is 5.82 Å². The average molecular weight is 473 g/mol. The van der Waals surface area contributed by atoms with Crippen LogP contribution in [0.15, 0.2) is 73.7 Å². The second-order valence-electron chi connectivity index (χ2n) is 8.11. The summed E-state index contributed by atoms with van der Waals surface area (Å²) in [6.45, 7) is 5.48. The van der Waals surface area contributed by atoms with Crippen LogP contribution in [0.2, 0.25) is 5.02 Å². The number of aromatic nitrogens is 4. The molecule has 1 aromatic carbocycles. The van der Waals surface area contributed by atoms with E-state index < -0.39 is 0 Å². The fourth-order valence-electron chi connectivity index (χ4n) is 4.08. The molecule has 5 rings (SSSR count). The molecule has 1 fully saturated rings. The van der Waals surface area contributed by atoms with Gasteiger partial charge in [-0.1, -0.05) is 36.4 Å². The molecule has 4 aromatic rings. The van der Waals surface area contributed by atoms with Crippen molar-refractivity contribution in [2.24, 2.45) is 5.92 Å². The van der Waals surface area contributed by atoms with Gasteiger partial charge in [0.25, 0.3) is 5.91 Å². The van der Waals surface area contributed by atoms with E-state index in [1.54, 1.807) is 47.8 Å². The minimum Gasteiger partial charge on any atom is -0.338 e. The van der Waals surface area contributed by atoms with Crippen molar-refractivity contribution in [2.75, 3.05) is 18.4 Å². The highest BCUT2D eigenvalue weighted by Crippen LogP contribution is 2.33. The lowest BCUT2D eigenvalue weighted by Crippen LogP contribution is -2.50. The number of amides is 2. The first kappa shape index (κ1) is 21.8. The van der Waals surface area contributed by atoms with Crippen molar-refractivity contribution in [3.63, 3.8) is 0 Å². The minimum atomic E-state index is -0.242. The number of hydrogen-bond donors (Lipinski definition) is 1. The van der Waals surface area contributed by atoms with Gasteiger partial charge in [-0.25, -0.2) is 4.98 Å². The number of hydrogen-bond acceptors (Lipinski definition) is 5. The number of nitrogens with one attached hydrogen (secondary N) is 1. The van der Waals surface area contributed by atoms with Gasteiger partial charge < -0.3 is 10.2 Å². The highest BCUT2D eigenvalue weighted by atomic mass is 35.5. The maximum atomic E-state index is 12.5. The number of likely N-dealkylation sites (tertiary alicyclic amines) is 1. The molecule has 34 heavy (non-hydrogen) atoms. The molecule has 0 unspecified atom stereocenters. The van der Waals surface area contributed by atoms with Crippen LogP contribution in [0.3, 0.4) is 0 Å². The van der Waals surface area contributed by atoms with Crippen LogP contribution < -0.4 is 5.32 Å². The van der Waals surface area contributed by atoms with Crippen LogP contribution in [0, 0.1) is 5.92 Å². The zero-order valence-electron chi connectivity index (χ0n) is 18.2. The van der Waals surface area contributed by atoms with Gasteiger partial charge in [0.15, 0.2) is 0 Å². The highest BCUT2D eigenvalue weighted by Gasteiger charge is 2.30. The van der Waals surface area contributed by atoms with Crippen molar-refractivity contribution in [3.05, 3.63) is 84.3 Å². The van der Waals surface area contributed by atoms with E-state index in [-0.39, 0.29) is 17.7 Å². The molecule has 9 heteroatoms. The monoisotopic (exact) mass is 472 g/mol. The topological polar surface area (TPSA) is 93.0 Å². The number of anilines is 1. The van der Waals surface area contributed by atoms with E-state index in [0.717, 1.165) is 22.2 Å². The van der Waals surface area contributed by atoms with Crippen LogP contribution in [-0.2, 0) is 11.3 Å². The summed E-state index contributed by atoms with van der Waals surface area (Å²) in [5, 5.41) is 8.95. The zero-order chi connectivity index (χ0) is 23.7. The molecule has 1 saturated heterocycles. The Morgan fingerprint density at radius 1 is 1.15 bits per heavy atom. The fraction of sp³-hybridized carbons (Fsp3) is 0.160. The molecule has 4 heterocycles. The Morgan fingerprint density at radius 2 is 1.94 bits per heavy atom. The number of benzene rings is 1. The Bertz CT molecular complexity index is 1380. The van der Waals surface area contributed by atoms with Crippen LogP contribution in [0.1, 0.15) is 10.4 Å². The Morgan fingerprint density at radius 3 is 2.65 bits per heavy atom. The lowest BCUT2D eigenvalue weighted by Gasteiger charge is -2.38. The predicted molar refractivity (Wildman–Crippen MR) is 130 cm³/mol. The maximum absolute atomic E-state index is 12.5. The van der Waals surface area contributed by atoms with E-state index in [1.807, 2.05) is 22.9 Å². The number of halogens is 1. The van der Waals surface area contributed by atoms with Gasteiger partial charge in [0.2, 0.25) is 5.91 Å². The van der Waals surface area contributed by atoms with Crippen molar-refractivity contribution in [1.82, 2.24) is 24.6 Å². The summed E-state index contributed by atoms with van der Waals surface area (Å²) in [7, 11) is 0. The van der Waals surface area contributed by atoms with Crippen LogP contribution in [-0.4, -0.2) is 49.6 Å². The van der Waals surface area contributed by atoms with Gasteiger partial charge in [-0.15, -0.1) is 0 Å². The minimum absolute atomic E-state index is 0.0586. The molecule has 3 aromatic heterocycles. The molecule has 0 aliphatic carbocycles. The third-order valence-electron chi connectivity index (χ3n) is 5.81. The molecule has 0 bridgehead atoms. The van der Waals surface area contributed by atoms with Gasteiger partial charge in [-0.2, -0.15) is 5.10 Å². The van der Waals surface area contributed by atoms with E-state index in [2.05, 4.69) is 21.9 Å². The average Bonchev–Trinajstić information content (AvgIpc) is 3.21. The Balaban J connectivity index is 1.39. The van der Waals surface area contributed by atoms with Crippen molar-refractivity contribution in [2.45, 2.75) is 6.54 Å². The molecule has 8 nitrogen and oxygen atoms in total. The quantitative estimate of drug-likeness (QED) is 0.427. The van der Waals surface area contributed by atoms with Crippen LogP contribution >= 0.6 is 11.6 Å². The molecular weight excluding hydrogens is 452 g/mol. The number of pyridine rings is 2. The SMILES string of the molecule is C=CC(=O)N1CC(Cn2nc(-c3ccc(C(=O)Nc4ccccn4)cc3)c3cncc(Cl)c32)C1. The molecule has 170 valence electrons. The lowest BCUT2D eigenvalue weighted by molar-refractivity contribution is -0.132. The lowest BCUT2D eigenvalue weighted by atomic mass is 10.00. The van der Waals surface area contributed by atoms with Gasteiger partial charge >= 0.3 is 0 Å². The van der Waals surface area contributed by atoms with Crippen molar-refractivity contribution in [3.8, 4) is 11.3 Å². The van der Waals surface area contributed by atoms with E-state index in [4.69, 9.17) is 16.7 Å². The first-order chi connectivity index (χ1) is 16.5. The molecule has 1 aliphatic rings. The third kappa shape index (κ3) is 4.15. The number of carbonyl (C=O) groups excluding carboxylic acids is 2. The summed E-state index contributed by atoms with van der Waals surface area (Å²) in [6, 6.07) is 12.5. The smallest absolute Gasteiger partial charge is 0.256 e. The predicted octanol–water partition coefficient (Wildman–Crippen LogP) is 4.04. The Kier molecular flexibility index (Phi) is 5.81. The van der Waals surface area contributed by atoms with E-state index in [1.165, 1.54) is 6.08 Å². The normalized spacial score (nSPS) is 13.5. The van der Waals surface area contributed by atoms with Crippen LogP contribution in [0.25, 0.3) is 22.2 Å². The Hall–Kier alpha value is -4.04. The molecule has 0 spiro atoms. The van der Waals surface area contributed by atoms with Gasteiger partial charge in [0, 0.05) is 60.7 Å². The van der Waals surface area contributed by atoms with Crippen LogP contribution in [0.5, 0.6) is 0 Å². The molecule has 1 aliphatic heterocycles. The molecule has 2 amide bonds. The number of nitrogens with zero attached hydrogens (tertiary/aromatic N) is 5. The van der Waals surface area contributed by atoms with Crippen molar-refractivity contribution < 1.29 is 9.59 Å². The maximum Gasteiger partial charge on any atom is 0.256 e. The van der Waals surface area contributed by atoms with Gasteiger partial charge in [-0.05, 0) is 30.3 Å². The van der Waals surface area contributed by atoms with E-state index in [0.29, 0.717) is 36.0 Å². The fourth-order valence-corrected chi connectivity index (χ4v) is 4.33. The van der Waals surface area contributed by atoms with Gasteiger partial charge in [0.1, 0.15) is 11.5 Å². The number of carbonyl (C=O) groups is 2. The first-order valence-electron chi connectivity index (χ1n) is 10.8. The van der Waals surface area contributed by atoms with E-state index in [9.17, 15) is 9.59 Å². The largest absolute Gasteiger partial charge is 0.338 e. The molecule has 0 radical (unpaired) electrons. The van der Waals surface area contributed by atoms with Gasteiger partial charge in [0.05, 0.1) is 10.5 Å². The summed E-state index contributed by atoms with van der Waals surface area (Å²) in [4.78, 5) is 34.4. The second-order valence-corrected chi connectivity index (χ2v) is 8.52. The Labute approximate surface area is 200 Å². The highest BCUT2D eigenvalue weighted by molar-refractivity contribution is 6.35. The molecule has 0 atom stereocenters. The summed E-state index contributed by atoms with van der Waals surface area (Å²) >= 11 is 6.49. The second kappa shape index (κ2) is 9.07. The molecular formula is C25H21ClN6O2. The number of rotatable bonds is 6. The molecule has 1 N–H and O–H groups in total. The standard InChI is InChI=1S/C25H21ClN6O2/c1-2-22(33)31-13-16(14-31)15-32-24-19(11-27-12-20(24)26)23(30-32)17-6-8-18(9-7-17)25(34)29-21-5-3-4-10-28-21/h2-12,16H,1,13-15H2,(H,28,29,34). The number of fused-ring (bicyclic) bond motifs is 1. The van der Waals surface area contributed by atoms with E-state index >= 15 is 0 Å². The van der Waals surface area contributed by atoms with Gasteiger partial charge in [-0.3, -0.25) is 19.3 Å².